The van der Waals surface area contributed by atoms with Gasteiger partial charge in [0.15, 0.2) is 0 Å². The van der Waals surface area contributed by atoms with E-state index in [0.717, 1.165) is 27.9 Å². The Morgan fingerprint density at radius 1 is 1.10 bits per heavy atom. The van der Waals surface area contributed by atoms with Crippen molar-refractivity contribution in [2.24, 2.45) is 0 Å². The lowest BCUT2D eigenvalue weighted by atomic mass is 9.91. The standard InChI is InChI=1S/C32H31FN4O4/c1-19-8-9-21(33)15-27(19)35-18-25-23(12-13-26-29(25)37(4)31(39)32(2,3)36-26)24-11-10-22(16-28(24)40-5)41-30(38)20-7-6-14-34-17-20/h6-17,35-36H,18H2,1-5H3. The average molecular weight is 555 g/mol. The molecule has 1 aliphatic heterocycles. The molecule has 0 bridgehead atoms. The van der Waals surface area contributed by atoms with E-state index in [1.165, 1.54) is 25.4 Å². The summed E-state index contributed by atoms with van der Waals surface area (Å²) in [5.74, 6) is -0.186. The number of ether oxygens (including phenoxy) is 2. The SMILES string of the molecule is COc1cc(OC(=O)c2cccnc2)ccc1-c1ccc2c(c1CNc1cc(F)ccc1C)N(C)C(=O)C(C)(C)N2. The van der Waals surface area contributed by atoms with E-state index < -0.39 is 11.5 Å². The minimum atomic E-state index is -0.787. The van der Waals surface area contributed by atoms with E-state index in [-0.39, 0.29) is 11.7 Å². The lowest BCUT2D eigenvalue weighted by molar-refractivity contribution is -0.121. The van der Waals surface area contributed by atoms with E-state index in [0.29, 0.717) is 35.0 Å². The van der Waals surface area contributed by atoms with Gasteiger partial charge in [-0.3, -0.25) is 9.78 Å². The van der Waals surface area contributed by atoms with Crippen LogP contribution in [-0.2, 0) is 11.3 Å². The Morgan fingerprint density at radius 3 is 2.61 bits per heavy atom. The van der Waals surface area contributed by atoms with Crippen LogP contribution >= 0.6 is 0 Å². The normalized spacial score (nSPS) is 13.7. The summed E-state index contributed by atoms with van der Waals surface area (Å²) in [5.41, 5.74) is 4.93. The number of nitrogens with zero attached hydrogens (tertiary/aromatic N) is 2. The van der Waals surface area contributed by atoms with Crippen LogP contribution in [0.15, 0.2) is 73.1 Å². The second-order valence-electron chi connectivity index (χ2n) is 10.4. The highest BCUT2D eigenvalue weighted by molar-refractivity contribution is 6.09. The van der Waals surface area contributed by atoms with Gasteiger partial charge in [-0.05, 0) is 74.4 Å². The molecule has 0 radical (unpaired) electrons. The summed E-state index contributed by atoms with van der Waals surface area (Å²) in [7, 11) is 3.29. The third-order valence-electron chi connectivity index (χ3n) is 7.13. The highest BCUT2D eigenvalue weighted by Crippen LogP contribution is 2.45. The summed E-state index contributed by atoms with van der Waals surface area (Å²) in [4.78, 5) is 31.5. The number of methoxy groups -OCH3 is 1. The zero-order chi connectivity index (χ0) is 29.3. The molecule has 0 spiro atoms. The Balaban J connectivity index is 1.58. The van der Waals surface area contributed by atoms with Crippen LogP contribution in [0.3, 0.4) is 0 Å². The molecule has 8 nitrogen and oxygen atoms in total. The molecule has 0 unspecified atom stereocenters. The number of likely N-dealkylation sites (N-methyl/N-ethyl adjacent to an activating group) is 1. The number of esters is 1. The first-order chi connectivity index (χ1) is 19.6. The minimum absolute atomic E-state index is 0.0880. The number of rotatable bonds is 7. The lowest BCUT2D eigenvalue weighted by Crippen LogP contribution is -2.52. The number of hydrogen-bond donors (Lipinski definition) is 2. The van der Waals surface area contributed by atoms with Crippen LogP contribution in [0.5, 0.6) is 11.5 Å². The maximum atomic E-state index is 14.1. The van der Waals surface area contributed by atoms with Gasteiger partial charge in [-0.25, -0.2) is 9.18 Å². The number of benzene rings is 3. The zero-order valence-corrected chi connectivity index (χ0v) is 23.5. The number of carbonyl (C=O) groups is 2. The molecule has 0 aliphatic carbocycles. The number of anilines is 3. The molecule has 9 heteroatoms. The van der Waals surface area contributed by atoms with Crippen LogP contribution in [0, 0.1) is 12.7 Å². The summed E-state index contributed by atoms with van der Waals surface area (Å²) < 4.78 is 25.4. The Morgan fingerprint density at radius 2 is 1.88 bits per heavy atom. The van der Waals surface area contributed by atoms with Crippen molar-refractivity contribution < 1.29 is 23.5 Å². The first-order valence-corrected chi connectivity index (χ1v) is 13.1. The van der Waals surface area contributed by atoms with Crippen LogP contribution in [0.4, 0.5) is 21.5 Å². The van der Waals surface area contributed by atoms with Crippen LogP contribution < -0.4 is 25.0 Å². The smallest absolute Gasteiger partial charge is 0.345 e. The van der Waals surface area contributed by atoms with Gasteiger partial charge in [-0.2, -0.15) is 0 Å². The van der Waals surface area contributed by atoms with E-state index in [2.05, 4.69) is 15.6 Å². The second kappa shape index (κ2) is 10.9. The fourth-order valence-corrected chi connectivity index (χ4v) is 5.04. The monoisotopic (exact) mass is 554 g/mol. The lowest BCUT2D eigenvalue weighted by Gasteiger charge is -2.40. The number of fused-ring (bicyclic) bond motifs is 1. The summed E-state index contributed by atoms with van der Waals surface area (Å²) in [6.45, 7) is 5.87. The maximum absolute atomic E-state index is 14.1. The Kier molecular flexibility index (Phi) is 7.36. The molecular formula is C32H31FN4O4. The van der Waals surface area contributed by atoms with Crippen molar-refractivity contribution >= 4 is 28.9 Å². The fraction of sp³-hybridized carbons (Fsp3) is 0.219. The van der Waals surface area contributed by atoms with Gasteiger partial charge < -0.3 is 25.0 Å². The highest BCUT2D eigenvalue weighted by atomic mass is 19.1. The number of nitrogens with one attached hydrogen (secondary N) is 2. The second-order valence-corrected chi connectivity index (χ2v) is 10.4. The van der Waals surface area contributed by atoms with Crippen molar-refractivity contribution in [1.29, 1.82) is 0 Å². The molecule has 2 heterocycles. The summed E-state index contributed by atoms with van der Waals surface area (Å²) >= 11 is 0. The Hall–Kier alpha value is -4.92. The third-order valence-corrected chi connectivity index (χ3v) is 7.13. The molecule has 0 saturated heterocycles. The van der Waals surface area contributed by atoms with E-state index in [1.54, 1.807) is 48.5 Å². The molecule has 4 aromatic rings. The molecule has 3 aromatic carbocycles. The van der Waals surface area contributed by atoms with Crippen molar-refractivity contribution in [2.75, 3.05) is 29.7 Å². The summed E-state index contributed by atoms with van der Waals surface area (Å²) in [6, 6.07) is 16.9. The molecule has 0 atom stereocenters. The quantitative estimate of drug-likeness (QED) is 0.207. The molecule has 0 fully saturated rings. The molecule has 2 N–H and O–H groups in total. The van der Waals surface area contributed by atoms with E-state index in [4.69, 9.17) is 9.47 Å². The number of aromatic nitrogens is 1. The van der Waals surface area contributed by atoms with Gasteiger partial charge in [0.25, 0.3) is 5.91 Å². The van der Waals surface area contributed by atoms with Crippen LogP contribution in [0.25, 0.3) is 11.1 Å². The summed E-state index contributed by atoms with van der Waals surface area (Å²) in [6.07, 6.45) is 3.02. The molecule has 1 aliphatic rings. The van der Waals surface area contributed by atoms with Gasteiger partial charge >= 0.3 is 5.97 Å². The maximum Gasteiger partial charge on any atom is 0.345 e. The first kappa shape index (κ1) is 27.6. The average Bonchev–Trinajstić information content (AvgIpc) is 2.96. The minimum Gasteiger partial charge on any atom is -0.496 e. The van der Waals surface area contributed by atoms with Crippen LogP contribution in [0.1, 0.15) is 35.3 Å². The van der Waals surface area contributed by atoms with Crippen molar-refractivity contribution in [1.82, 2.24) is 4.98 Å². The molecular weight excluding hydrogens is 523 g/mol. The van der Waals surface area contributed by atoms with Gasteiger partial charge in [0.2, 0.25) is 0 Å². The van der Waals surface area contributed by atoms with Crippen molar-refractivity contribution in [3.8, 4) is 22.6 Å². The number of pyridine rings is 1. The molecule has 0 saturated carbocycles. The van der Waals surface area contributed by atoms with Gasteiger partial charge in [0.1, 0.15) is 22.9 Å². The van der Waals surface area contributed by atoms with Crippen molar-refractivity contribution in [3.05, 3.63) is 95.6 Å². The molecule has 1 aromatic heterocycles. The van der Waals surface area contributed by atoms with Gasteiger partial charge in [0.05, 0.1) is 24.0 Å². The van der Waals surface area contributed by atoms with Gasteiger partial charge in [-0.15, -0.1) is 0 Å². The Labute approximate surface area is 238 Å². The van der Waals surface area contributed by atoms with Crippen molar-refractivity contribution in [2.45, 2.75) is 32.9 Å². The highest BCUT2D eigenvalue weighted by Gasteiger charge is 2.38. The van der Waals surface area contributed by atoms with E-state index in [1.807, 2.05) is 39.0 Å². The molecule has 1 amide bonds. The van der Waals surface area contributed by atoms with E-state index >= 15 is 0 Å². The molecule has 210 valence electrons. The Bertz CT molecular complexity index is 1640. The third kappa shape index (κ3) is 5.43. The predicted molar refractivity (Wildman–Crippen MR) is 157 cm³/mol. The number of carbonyl (C=O) groups excluding carboxylic acids is 2. The van der Waals surface area contributed by atoms with Crippen LogP contribution in [-0.4, -0.2) is 36.6 Å². The molecule has 41 heavy (non-hydrogen) atoms. The first-order valence-electron chi connectivity index (χ1n) is 13.1. The summed E-state index contributed by atoms with van der Waals surface area (Å²) in [5, 5.41) is 6.71. The van der Waals surface area contributed by atoms with Crippen molar-refractivity contribution in [3.63, 3.8) is 0 Å². The largest absolute Gasteiger partial charge is 0.496 e. The number of aryl methyl sites for hydroxylation is 1. The number of halogens is 1. The van der Waals surface area contributed by atoms with Gasteiger partial charge in [-0.1, -0.05) is 12.1 Å². The van der Waals surface area contributed by atoms with Gasteiger partial charge in [0, 0.05) is 48.9 Å². The van der Waals surface area contributed by atoms with E-state index in [9.17, 15) is 14.0 Å². The number of amides is 1. The number of hydrogen-bond acceptors (Lipinski definition) is 7. The van der Waals surface area contributed by atoms with Crippen LogP contribution in [0.2, 0.25) is 0 Å². The fourth-order valence-electron chi connectivity index (χ4n) is 5.04. The zero-order valence-electron chi connectivity index (χ0n) is 23.5. The predicted octanol–water partition coefficient (Wildman–Crippen LogP) is 6.20. The molecule has 5 rings (SSSR count). The topological polar surface area (TPSA) is 92.8 Å².